The van der Waals surface area contributed by atoms with Crippen molar-refractivity contribution in [1.29, 1.82) is 0 Å². The van der Waals surface area contributed by atoms with Gasteiger partial charge in [-0.3, -0.25) is 9.59 Å². The zero-order valence-electron chi connectivity index (χ0n) is 18.9. The number of nitrogens with one attached hydrogen (secondary N) is 2. The first-order chi connectivity index (χ1) is 17.5. The molecule has 5 aromatic rings. The Morgan fingerprint density at radius 3 is 2.25 bits per heavy atom. The first-order valence-electron chi connectivity index (χ1n) is 11.1. The van der Waals surface area contributed by atoms with Gasteiger partial charge in [0.15, 0.2) is 4.34 Å². The van der Waals surface area contributed by atoms with Crippen molar-refractivity contribution in [2.75, 3.05) is 16.4 Å². The summed E-state index contributed by atoms with van der Waals surface area (Å²) in [6, 6.07) is 30.2. The molecule has 2 N–H and O–H groups in total. The Hall–Kier alpha value is -3.65. The van der Waals surface area contributed by atoms with E-state index in [4.69, 9.17) is 11.6 Å². The fraction of sp³-hybridized carbons (Fsp3) is 0.0357. The van der Waals surface area contributed by atoms with Gasteiger partial charge in [-0.05, 0) is 65.7 Å². The van der Waals surface area contributed by atoms with E-state index in [-0.39, 0.29) is 17.6 Å². The van der Waals surface area contributed by atoms with Crippen molar-refractivity contribution in [3.8, 4) is 11.1 Å². The standard InChI is InChI=1S/C28H20ClN3O2S2/c29-21-10-6-20(7-11-21)27(34)31-23-14-15-24-25(16-23)36-28(32-24)35-17-26(33)30-22-12-8-19(9-13-22)18-4-2-1-3-5-18/h1-16H,17H2,(H,30,33)(H,31,34). The number of anilines is 2. The Labute approximate surface area is 221 Å². The number of fused-ring (bicyclic) bond motifs is 1. The molecule has 2 amide bonds. The quantitative estimate of drug-likeness (QED) is 0.213. The van der Waals surface area contributed by atoms with Gasteiger partial charge < -0.3 is 10.6 Å². The van der Waals surface area contributed by atoms with Gasteiger partial charge in [-0.2, -0.15) is 0 Å². The van der Waals surface area contributed by atoms with Crippen LogP contribution in [-0.4, -0.2) is 22.6 Å². The molecule has 0 aliphatic carbocycles. The molecule has 178 valence electrons. The SMILES string of the molecule is O=C(CSc1nc2ccc(NC(=O)c3ccc(Cl)cc3)cc2s1)Nc1ccc(-c2ccccc2)cc1. The zero-order chi connectivity index (χ0) is 24.9. The lowest BCUT2D eigenvalue weighted by atomic mass is 10.1. The summed E-state index contributed by atoms with van der Waals surface area (Å²) in [7, 11) is 0. The molecule has 5 nitrogen and oxygen atoms in total. The van der Waals surface area contributed by atoms with Crippen LogP contribution in [0.4, 0.5) is 11.4 Å². The molecule has 36 heavy (non-hydrogen) atoms. The van der Waals surface area contributed by atoms with Gasteiger partial charge in [-0.25, -0.2) is 4.98 Å². The maximum Gasteiger partial charge on any atom is 0.255 e. The predicted molar refractivity (Wildman–Crippen MR) is 150 cm³/mol. The van der Waals surface area contributed by atoms with E-state index in [1.54, 1.807) is 24.3 Å². The van der Waals surface area contributed by atoms with Crippen LogP contribution >= 0.6 is 34.7 Å². The molecule has 0 fully saturated rings. The number of aromatic nitrogens is 1. The summed E-state index contributed by atoms with van der Waals surface area (Å²) in [5, 5.41) is 6.41. The molecule has 0 atom stereocenters. The number of carbonyl (C=O) groups is 2. The van der Waals surface area contributed by atoms with Crippen LogP contribution in [0.15, 0.2) is 101 Å². The first kappa shape index (κ1) is 24.1. The molecular formula is C28H20ClN3O2S2. The summed E-state index contributed by atoms with van der Waals surface area (Å²) in [5.41, 5.74) is 5.02. The average Bonchev–Trinajstić information content (AvgIpc) is 3.31. The second-order valence-electron chi connectivity index (χ2n) is 7.90. The molecule has 0 spiro atoms. The lowest BCUT2D eigenvalue weighted by Gasteiger charge is -2.06. The molecule has 4 aromatic carbocycles. The minimum absolute atomic E-state index is 0.0948. The summed E-state index contributed by atoms with van der Waals surface area (Å²) in [5.74, 6) is -0.0540. The van der Waals surface area contributed by atoms with Crippen LogP contribution in [-0.2, 0) is 4.79 Å². The Morgan fingerprint density at radius 1 is 0.806 bits per heavy atom. The van der Waals surface area contributed by atoms with E-state index in [0.717, 1.165) is 31.4 Å². The molecule has 0 saturated carbocycles. The van der Waals surface area contributed by atoms with Crippen molar-refractivity contribution >= 4 is 68.1 Å². The van der Waals surface area contributed by atoms with Gasteiger partial charge in [0.2, 0.25) is 5.91 Å². The van der Waals surface area contributed by atoms with E-state index in [1.165, 1.54) is 23.1 Å². The molecule has 5 rings (SSSR count). The van der Waals surface area contributed by atoms with Gasteiger partial charge in [0.25, 0.3) is 5.91 Å². The maximum absolute atomic E-state index is 12.5. The third-order valence-corrected chi connectivity index (χ3v) is 7.75. The van der Waals surface area contributed by atoms with Crippen molar-refractivity contribution in [3.63, 3.8) is 0 Å². The van der Waals surface area contributed by atoms with E-state index >= 15 is 0 Å². The lowest BCUT2D eigenvalue weighted by Crippen LogP contribution is -2.13. The third kappa shape index (κ3) is 5.94. The Balaban J connectivity index is 1.17. The van der Waals surface area contributed by atoms with Gasteiger partial charge in [0.05, 0.1) is 16.0 Å². The lowest BCUT2D eigenvalue weighted by molar-refractivity contribution is -0.113. The van der Waals surface area contributed by atoms with Crippen molar-refractivity contribution in [1.82, 2.24) is 4.98 Å². The second-order valence-corrected chi connectivity index (χ2v) is 10.6. The highest BCUT2D eigenvalue weighted by Gasteiger charge is 2.11. The normalized spacial score (nSPS) is 10.8. The number of halogens is 1. The largest absolute Gasteiger partial charge is 0.325 e. The molecule has 0 aliphatic rings. The molecule has 0 bridgehead atoms. The maximum atomic E-state index is 12.5. The summed E-state index contributed by atoms with van der Waals surface area (Å²) >= 11 is 8.77. The van der Waals surface area contributed by atoms with Crippen LogP contribution in [0.3, 0.4) is 0 Å². The fourth-order valence-corrected chi connectivity index (χ4v) is 5.58. The fourth-order valence-electron chi connectivity index (χ4n) is 3.55. The molecule has 0 unspecified atom stereocenters. The summed E-state index contributed by atoms with van der Waals surface area (Å²) in [4.78, 5) is 29.5. The molecule has 0 saturated heterocycles. The first-order valence-corrected chi connectivity index (χ1v) is 13.3. The summed E-state index contributed by atoms with van der Waals surface area (Å²) in [6.45, 7) is 0. The molecule has 1 aromatic heterocycles. The average molecular weight is 530 g/mol. The number of hydrogen-bond acceptors (Lipinski definition) is 5. The van der Waals surface area contributed by atoms with E-state index in [0.29, 0.717) is 16.3 Å². The van der Waals surface area contributed by atoms with Crippen LogP contribution in [0.2, 0.25) is 5.02 Å². The van der Waals surface area contributed by atoms with E-state index in [9.17, 15) is 9.59 Å². The van der Waals surface area contributed by atoms with Gasteiger partial charge in [-0.15, -0.1) is 11.3 Å². The monoisotopic (exact) mass is 529 g/mol. The topological polar surface area (TPSA) is 71.1 Å². The highest BCUT2D eigenvalue weighted by Crippen LogP contribution is 2.31. The highest BCUT2D eigenvalue weighted by molar-refractivity contribution is 8.01. The smallest absolute Gasteiger partial charge is 0.255 e. The number of benzene rings is 4. The van der Waals surface area contributed by atoms with Crippen LogP contribution in [0.25, 0.3) is 21.3 Å². The Morgan fingerprint density at radius 2 is 1.50 bits per heavy atom. The molecule has 0 aliphatic heterocycles. The van der Waals surface area contributed by atoms with Gasteiger partial charge >= 0.3 is 0 Å². The third-order valence-electron chi connectivity index (χ3n) is 5.34. The van der Waals surface area contributed by atoms with Crippen molar-refractivity contribution in [2.45, 2.75) is 4.34 Å². The molecule has 0 radical (unpaired) electrons. The van der Waals surface area contributed by atoms with E-state index < -0.39 is 0 Å². The van der Waals surface area contributed by atoms with E-state index in [1.807, 2.05) is 60.7 Å². The second kappa shape index (κ2) is 11.0. The number of amides is 2. The summed E-state index contributed by atoms with van der Waals surface area (Å²) in [6.07, 6.45) is 0. The van der Waals surface area contributed by atoms with Crippen molar-refractivity contribution < 1.29 is 9.59 Å². The molecule has 1 heterocycles. The number of carbonyl (C=O) groups excluding carboxylic acids is 2. The minimum Gasteiger partial charge on any atom is -0.325 e. The highest BCUT2D eigenvalue weighted by atomic mass is 35.5. The van der Waals surface area contributed by atoms with E-state index in [2.05, 4.69) is 27.8 Å². The number of nitrogens with zero attached hydrogens (tertiary/aromatic N) is 1. The van der Waals surface area contributed by atoms with Crippen molar-refractivity contribution in [3.05, 3.63) is 108 Å². The van der Waals surface area contributed by atoms with Gasteiger partial charge in [-0.1, -0.05) is 65.8 Å². The Bertz CT molecular complexity index is 1520. The predicted octanol–water partition coefficient (Wildman–Crippen LogP) is 7.60. The molecular weight excluding hydrogens is 510 g/mol. The number of thioether (sulfide) groups is 1. The number of rotatable bonds is 7. The number of thiazole rings is 1. The van der Waals surface area contributed by atoms with Crippen LogP contribution < -0.4 is 10.6 Å². The zero-order valence-corrected chi connectivity index (χ0v) is 21.3. The van der Waals surface area contributed by atoms with Crippen LogP contribution in [0.5, 0.6) is 0 Å². The van der Waals surface area contributed by atoms with Crippen LogP contribution in [0, 0.1) is 0 Å². The summed E-state index contributed by atoms with van der Waals surface area (Å²) < 4.78 is 1.73. The minimum atomic E-state index is -0.210. The van der Waals surface area contributed by atoms with Gasteiger partial charge in [0, 0.05) is 22.0 Å². The van der Waals surface area contributed by atoms with Crippen molar-refractivity contribution in [2.24, 2.45) is 0 Å². The Kier molecular flexibility index (Phi) is 7.32. The van der Waals surface area contributed by atoms with Gasteiger partial charge in [0.1, 0.15) is 0 Å². The molecule has 8 heteroatoms. The van der Waals surface area contributed by atoms with Crippen LogP contribution in [0.1, 0.15) is 10.4 Å². The number of hydrogen-bond donors (Lipinski definition) is 2.